The third-order valence-corrected chi connectivity index (χ3v) is 5.78. The first kappa shape index (κ1) is 16.5. The van der Waals surface area contributed by atoms with Gasteiger partial charge in [-0.3, -0.25) is 0 Å². The van der Waals surface area contributed by atoms with Crippen LogP contribution in [0.5, 0.6) is 0 Å². The summed E-state index contributed by atoms with van der Waals surface area (Å²) in [5.41, 5.74) is 6.14. The molecule has 0 amide bonds. The Kier molecular flexibility index (Phi) is 4.77. The molecule has 0 bridgehead atoms. The number of rotatable bonds is 5. The summed E-state index contributed by atoms with van der Waals surface area (Å²) in [7, 11) is -3.61. The molecule has 3 N–H and O–H groups in total. The summed E-state index contributed by atoms with van der Waals surface area (Å²) in [6, 6.07) is 0. The van der Waals surface area contributed by atoms with Crippen LogP contribution in [-0.4, -0.2) is 28.2 Å². The molecule has 0 spiro atoms. The molecule has 1 aromatic rings. The van der Waals surface area contributed by atoms with Gasteiger partial charge >= 0.3 is 0 Å². The number of hydrogen-bond acceptors (Lipinski definition) is 5. The zero-order chi connectivity index (χ0) is 15.7. The molecule has 1 saturated heterocycles. The minimum atomic E-state index is -3.61. The maximum atomic E-state index is 12.6. The van der Waals surface area contributed by atoms with Crippen LogP contribution in [0.25, 0.3) is 0 Å². The van der Waals surface area contributed by atoms with E-state index >= 15 is 0 Å². The fourth-order valence-corrected chi connectivity index (χ4v) is 4.33. The van der Waals surface area contributed by atoms with Crippen molar-refractivity contribution in [2.24, 2.45) is 11.1 Å². The monoisotopic (exact) mass is 316 g/mol. The summed E-state index contributed by atoms with van der Waals surface area (Å²) in [5, 5.41) is 0. The predicted octanol–water partition coefficient (Wildman–Crippen LogP) is 1.45. The fourth-order valence-electron chi connectivity index (χ4n) is 2.68. The third-order valence-electron chi connectivity index (χ3n) is 4.19. The van der Waals surface area contributed by atoms with Crippen molar-refractivity contribution in [3.05, 3.63) is 17.1 Å². The van der Waals surface area contributed by atoms with Gasteiger partial charge in [0, 0.05) is 31.9 Å². The lowest BCUT2D eigenvalue weighted by atomic mass is 9.83. The normalized spacial score (nSPS) is 18.9. The maximum Gasteiger partial charge on any atom is 0.244 e. The van der Waals surface area contributed by atoms with Gasteiger partial charge in [0.15, 0.2) is 0 Å². The first-order valence-corrected chi connectivity index (χ1v) is 8.64. The molecule has 7 heteroatoms. The van der Waals surface area contributed by atoms with Crippen molar-refractivity contribution in [2.75, 3.05) is 19.8 Å². The molecule has 0 saturated carbocycles. The van der Waals surface area contributed by atoms with Gasteiger partial charge in [0.05, 0.1) is 0 Å². The highest BCUT2D eigenvalue weighted by atomic mass is 32.2. The van der Waals surface area contributed by atoms with E-state index in [1.807, 2.05) is 0 Å². The highest BCUT2D eigenvalue weighted by Crippen LogP contribution is 2.30. The molecule has 120 valence electrons. The summed E-state index contributed by atoms with van der Waals surface area (Å²) in [5.74, 6) is 0.949. The van der Waals surface area contributed by atoms with Crippen LogP contribution >= 0.6 is 0 Å². The van der Waals surface area contributed by atoms with E-state index in [9.17, 15) is 8.42 Å². The Hall–Kier alpha value is -0.890. The summed E-state index contributed by atoms with van der Waals surface area (Å²) in [4.78, 5) is 0.193. The Bertz CT molecular complexity index is 601. The van der Waals surface area contributed by atoms with Crippen LogP contribution in [0, 0.1) is 19.3 Å². The van der Waals surface area contributed by atoms with Crippen molar-refractivity contribution in [3.8, 4) is 0 Å². The Labute approximate surface area is 126 Å². The van der Waals surface area contributed by atoms with E-state index in [4.69, 9.17) is 14.9 Å². The van der Waals surface area contributed by atoms with Crippen LogP contribution in [0.15, 0.2) is 9.31 Å². The Morgan fingerprint density at radius 1 is 1.24 bits per heavy atom. The van der Waals surface area contributed by atoms with E-state index in [1.165, 1.54) is 0 Å². The van der Waals surface area contributed by atoms with Crippen LogP contribution in [0.2, 0.25) is 0 Å². The first-order chi connectivity index (χ1) is 9.79. The van der Waals surface area contributed by atoms with Crippen molar-refractivity contribution >= 4 is 10.0 Å². The topological polar surface area (TPSA) is 94.6 Å². The first-order valence-electron chi connectivity index (χ1n) is 7.15. The number of nitrogens with one attached hydrogen (secondary N) is 1. The van der Waals surface area contributed by atoms with Crippen LogP contribution < -0.4 is 10.5 Å². The quantitative estimate of drug-likeness (QED) is 0.857. The molecule has 21 heavy (non-hydrogen) atoms. The van der Waals surface area contributed by atoms with Gasteiger partial charge in [-0.1, -0.05) is 6.92 Å². The second-order valence-corrected chi connectivity index (χ2v) is 7.68. The average Bonchev–Trinajstić information content (AvgIpc) is 2.72. The van der Waals surface area contributed by atoms with Crippen molar-refractivity contribution in [3.63, 3.8) is 0 Å². The van der Waals surface area contributed by atoms with Gasteiger partial charge in [-0.15, -0.1) is 0 Å². The Balaban J connectivity index is 2.19. The lowest BCUT2D eigenvalue weighted by Crippen LogP contribution is -2.39. The zero-order valence-corrected chi connectivity index (χ0v) is 13.7. The maximum absolute atomic E-state index is 12.6. The molecule has 1 aliphatic rings. The third kappa shape index (κ3) is 3.48. The molecule has 0 aliphatic carbocycles. The summed E-state index contributed by atoms with van der Waals surface area (Å²) >= 11 is 0. The van der Waals surface area contributed by atoms with E-state index in [1.54, 1.807) is 13.8 Å². The number of aryl methyl sites for hydroxylation is 2. The van der Waals surface area contributed by atoms with E-state index in [2.05, 4.69) is 11.6 Å². The minimum absolute atomic E-state index is 0.0686. The second kappa shape index (κ2) is 6.08. The van der Waals surface area contributed by atoms with Crippen LogP contribution in [0.1, 0.15) is 36.8 Å². The molecule has 1 aromatic heterocycles. The minimum Gasteiger partial charge on any atom is -0.465 e. The Morgan fingerprint density at radius 3 is 2.43 bits per heavy atom. The van der Waals surface area contributed by atoms with Gasteiger partial charge in [-0.25, -0.2) is 13.1 Å². The van der Waals surface area contributed by atoms with Crippen LogP contribution in [0.3, 0.4) is 0 Å². The van der Waals surface area contributed by atoms with E-state index in [0.29, 0.717) is 36.8 Å². The fraction of sp³-hybridized carbons (Fsp3) is 0.714. The molecule has 1 aliphatic heterocycles. The number of nitrogens with two attached hydrogens (primary N) is 1. The van der Waals surface area contributed by atoms with Gasteiger partial charge in [0.1, 0.15) is 16.4 Å². The van der Waals surface area contributed by atoms with E-state index < -0.39 is 10.0 Å². The summed E-state index contributed by atoms with van der Waals surface area (Å²) in [6.07, 6.45) is 1.70. The number of ether oxygens (including phenoxy) is 1. The number of sulfonamides is 1. The molecular formula is C14H24N2O4S. The SMILES string of the molecule is Cc1oc(C)c(S(=O)(=O)NCC2(C)CCOCC2)c1CN. The number of furan rings is 1. The molecule has 0 radical (unpaired) electrons. The molecule has 1 fully saturated rings. The molecule has 2 heterocycles. The standard InChI is InChI=1S/C14H24N2O4S/c1-10-12(8-15)13(11(2)20-10)21(17,18)16-9-14(3)4-6-19-7-5-14/h16H,4-9,15H2,1-3H3. The average molecular weight is 316 g/mol. The lowest BCUT2D eigenvalue weighted by Gasteiger charge is -2.33. The molecule has 2 rings (SSSR count). The Morgan fingerprint density at radius 2 is 1.86 bits per heavy atom. The summed E-state index contributed by atoms with van der Waals surface area (Å²) < 4.78 is 38.6. The van der Waals surface area contributed by atoms with Gasteiger partial charge in [0.2, 0.25) is 10.0 Å². The smallest absolute Gasteiger partial charge is 0.244 e. The van der Waals surface area contributed by atoms with Crippen molar-refractivity contribution in [1.82, 2.24) is 4.72 Å². The van der Waals surface area contributed by atoms with E-state index in [-0.39, 0.29) is 16.9 Å². The van der Waals surface area contributed by atoms with Gasteiger partial charge < -0.3 is 14.9 Å². The van der Waals surface area contributed by atoms with Gasteiger partial charge in [-0.05, 0) is 32.1 Å². The second-order valence-electron chi connectivity index (χ2n) is 5.97. The molecule has 0 unspecified atom stereocenters. The molecule has 6 nitrogen and oxygen atoms in total. The predicted molar refractivity (Wildman–Crippen MR) is 79.4 cm³/mol. The largest absolute Gasteiger partial charge is 0.465 e. The molecule has 0 atom stereocenters. The molecule has 0 aromatic carbocycles. The van der Waals surface area contributed by atoms with Gasteiger partial charge in [-0.2, -0.15) is 0 Å². The highest BCUT2D eigenvalue weighted by Gasteiger charge is 2.31. The number of hydrogen-bond donors (Lipinski definition) is 2. The van der Waals surface area contributed by atoms with E-state index in [0.717, 1.165) is 12.8 Å². The summed E-state index contributed by atoms with van der Waals surface area (Å²) in [6.45, 7) is 7.35. The van der Waals surface area contributed by atoms with Crippen LogP contribution in [-0.2, 0) is 21.3 Å². The zero-order valence-electron chi connectivity index (χ0n) is 12.9. The lowest BCUT2D eigenvalue weighted by molar-refractivity contribution is 0.0264. The van der Waals surface area contributed by atoms with Crippen molar-refractivity contribution in [1.29, 1.82) is 0 Å². The van der Waals surface area contributed by atoms with Gasteiger partial charge in [0.25, 0.3) is 0 Å². The van der Waals surface area contributed by atoms with Crippen LogP contribution in [0.4, 0.5) is 0 Å². The molecular weight excluding hydrogens is 292 g/mol. The van der Waals surface area contributed by atoms with Crippen molar-refractivity contribution < 1.29 is 17.6 Å². The van der Waals surface area contributed by atoms with Crippen molar-refractivity contribution in [2.45, 2.75) is 45.1 Å². The highest BCUT2D eigenvalue weighted by molar-refractivity contribution is 7.89.